The second-order valence-electron chi connectivity index (χ2n) is 23.8. The van der Waals surface area contributed by atoms with E-state index in [1.807, 2.05) is 0 Å². The van der Waals surface area contributed by atoms with Crippen LogP contribution >= 0.6 is 0 Å². The number of esters is 3. The van der Waals surface area contributed by atoms with Gasteiger partial charge in [0.2, 0.25) is 0 Å². The minimum Gasteiger partial charge on any atom is -0.462 e. The van der Waals surface area contributed by atoms with Gasteiger partial charge in [0.25, 0.3) is 0 Å². The second kappa shape index (κ2) is 66.4. The molecule has 0 aromatic rings. The first kappa shape index (κ1) is 74.9. The molecule has 0 spiro atoms. The summed E-state index contributed by atoms with van der Waals surface area (Å²) in [7, 11) is 0. The molecule has 77 heavy (non-hydrogen) atoms. The highest BCUT2D eigenvalue weighted by atomic mass is 16.6. The fraction of sp³-hybridized carbons (Fsp3) is 0.901. The Morgan fingerprint density at radius 2 is 0.468 bits per heavy atom. The van der Waals surface area contributed by atoms with Gasteiger partial charge in [-0.1, -0.05) is 347 Å². The summed E-state index contributed by atoms with van der Waals surface area (Å²) in [6.45, 7) is 6.70. The Bertz CT molecular complexity index is 1240. The maximum Gasteiger partial charge on any atom is 0.306 e. The van der Waals surface area contributed by atoms with E-state index in [0.29, 0.717) is 19.3 Å². The van der Waals surface area contributed by atoms with Crippen molar-refractivity contribution in [2.75, 3.05) is 13.2 Å². The molecule has 0 aromatic carbocycles. The molecule has 0 radical (unpaired) electrons. The van der Waals surface area contributed by atoms with Gasteiger partial charge >= 0.3 is 17.9 Å². The molecule has 0 saturated heterocycles. The van der Waals surface area contributed by atoms with E-state index in [2.05, 4.69) is 45.1 Å². The van der Waals surface area contributed by atoms with Crippen LogP contribution in [0.2, 0.25) is 0 Å². The Balaban J connectivity index is 4.15. The Kier molecular flexibility index (Phi) is 64.6. The summed E-state index contributed by atoms with van der Waals surface area (Å²) in [6, 6.07) is 0. The molecule has 0 bridgehead atoms. The fourth-order valence-electron chi connectivity index (χ4n) is 10.7. The minimum atomic E-state index is -0.766. The lowest BCUT2D eigenvalue weighted by molar-refractivity contribution is -0.167. The zero-order valence-electron chi connectivity index (χ0n) is 52.3. The third-order valence-corrected chi connectivity index (χ3v) is 16.0. The summed E-state index contributed by atoms with van der Waals surface area (Å²) in [4.78, 5) is 38.3. The highest BCUT2D eigenvalue weighted by Gasteiger charge is 2.19. The van der Waals surface area contributed by atoms with Crippen LogP contribution in [0, 0.1) is 0 Å². The molecule has 1 atom stereocenters. The van der Waals surface area contributed by atoms with Gasteiger partial charge in [-0.15, -0.1) is 0 Å². The Hall–Kier alpha value is -2.11. The normalized spacial score (nSPS) is 12.1. The summed E-state index contributed by atoms with van der Waals surface area (Å²) < 4.78 is 17.0. The van der Waals surface area contributed by atoms with Crippen LogP contribution in [0.5, 0.6) is 0 Å². The third kappa shape index (κ3) is 64.6. The van der Waals surface area contributed by atoms with Crippen molar-refractivity contribution < 1.29 is 28.6 Å². The van der Waals surface area contributed by atoms with E-state index in [1.54, 1.807) is 0 Å². The molecule has 0 aliphatic heterocycles. The first-order valence-electron chi connectivity index (χ1n) is 34.8. The van der Waals surface area contributed by atoms with E-state index >= 15 is 0 Å². The molecule has 454 valence electrons. The van der Waals surface area contributed by atoms with Crippen molar-refractivity contribution in [3.8, 4) is 0 Å². The number of carbonyl (C=O) groups is 3. The van der Waals surface area contributed by atoms with Crippen LogP contribution in [0.15, 0.2) is 24.3 Å². The van der Waals surface area contributed by atoms with E-state index in [0.717, 1.165) is 64.2 Å². The lowest BCUT2D eigenvalue weighted by atomic mass is 10.0. The summed E-state index contributed by atoms with van der Waals surface area (Å²) in [5.74, 6) is -0.831. The van der Waals surface area contributed by atoms with Crippen LogP contribution in [0.1, 0.15) is 393 Å². The summed E-state index contributed by atoms with van der Waals surface area (Å²) >= 11 is 0. The number of unbranched alkanes of at least 4 members (excludes halogenated alkanes) is 50. The molecule has 0 N–H and O–H groups in total. The molecule has 0 amide bonds. The maximum atomic E-state index is 12.9. The van der Waals surface area contributed by atoms with Gasteiger partial charge in [0, 0.05) is 19.3 Å². The summed E-state index contributed by atoms with van der Waals surface area (Å²) in [5, 5.41) is 0. The van der Waals surface area contributed by atoms with Gasteiger partial charge in [-0.25, -0.2) is 0 Å². The number of allylic oxidation sites excluding steroid dienone is 4. The van der Waals surface area contributed by atoms with Crippen molar-refractivity contribution in [2.45, 2.75) is 399 Å². The van der Waals surface area contributed by atoms with Gasteiger partial charge in [0.1, 0.15) is 13.2 Å². The van der Waals surface area contributed by atoms with Gasteiger partial charge in [0.05, 0.1) is 0 Å². The summed E-state index contributed by atoms with van der Waals surface area (Å²) in [6.07, 6.45) is 80.6. The van der Waals surface area contributed by atoms with E-state index < -0.39 is 6.10 Å². The van der Waals surface area contributed by atoms with Gasteiger partial charge in [-0.2, -0.15) is 0 Å². The summed E-state index contributed by atoms with van der Waals surface area (Å²) in [5.41, 5.74) is 0. The van der Waals surface area contributed by atoms with Gasteiger partial charge in [-0.3, -0.25) is 14.4 Å². The predicted octanol–water partition coefficient (Wildman–Crippen LogP) is 23.8. The molecule has 6 heteroatoms. The molecule has 0 saturated carbocycles. The largest absolute Gasteiger partial charge is 0.462 e. The Morgan fingerprint density at radius 3 is 0.714 bits per heavy atom. The molecule has 6 nitrogen and oxygen atoms in total. The topological polar surface area (TPSA) is 78.9 Å². The molecular weight excluding hydrogens is 949 g/mol. The second-order valence-corrected chi connectivity index (χ2v) is 23.8. The van der Waals surface area contributed by atoms with Crippen LogP contribution in [-0.4, -0.2) is 37.2 Å². The number of hydrogen-bond donors (Lipinski definition) is 0. The Labute approximate surface area is 481 Å². The van der Waals surface area contributed by atoms with Crippen molar-refractivity contribution in [1.82, 2.24) is 0 Å². The number of rotatable bonds is 65. The lowest BCUT2D eigenvalue weighted by Gasteiger charge is -2.18. The monoisotopic (exact) mass is 1080 g/mol. The number of hydrogen-bond acceptors (Lipinski definition) is 6. The highest BCUT2D eigenvalue weighted by Crippen LogP contribution is 2.19. The molecule has 1 unspecified atom stereocenters. The fourth-order valence-corrected chi connectivity index (χ4v) is 10.7. The Morgan fingerprint density at radius 1 is 0.260 bits per heavy atom. The van der Waals surface area contributed by atoms with Crippen molar-refractivity contribution in [3.63, 3.8) is 0 Å². The molecule has 0 fully saturated rings. The maximum absolute atomic E-state index is 12.9. The smallest absolute Gasteiger partial charge is 0.306 e. The molecule has 0 heterocycles. The van der Waals surface area contributed by atoms with Gasteiger partial charge in [-0.05, 0) is 51.4 Å². The molecule has 0 rings (SSSR count). The quantitative estimate of drug-likeness (QED) is 0.0261. The molecule has 0 aliphatic carbocycles. The average Bonchev–Trinajstić information content (AvgIpc) is 3.43. The van der Waals surface area contributed by atoms with Crippen molar-refractivity contribution in [2.24, 2.45) is 0 Å². The minimum absolute atomic E-state index is 0.0634. The zero-order chi connectivity index (χ0) is 55.7. The van der Waals surface area contributed by atoms with E-state index in [-0.39, 0.29) is 31.1 Å². The van der Waals surface area contributed by atoms with Crippen molar-refractivity contribution in [3.05, 3.63) is 24.3 Å². The highest BCUT2D eigenvalue weighted by molar-refractivity contribution is 5.71. The third-order valence-electron chi connectivity index (χ3n) is 16.0. The van der Waals surface area contributed by atoms with Crippen LogP contribution < -0.4 is 0 Å². The SMILES string of the molecule is CCCCCCC/C=C\C/C=C\CCCCCCCCCCCCCCCCCCCC(=O)OCC(COC(=O)CCCCCCCCCCCCCC)OC(=O)CCCCCCCCCCCCCCCCCCCC. The standard InChI is InChI=1S/C71H134O6/c1-4-7-10-13-16-19-22-25-27-29-31-32-33-34-35-36-37-38-39-40-41-43-44-46-49-52-55-58-61-64-70(73)76-67-68(66-75-69(72)63-60-57-54-51-48-24-21-18-15-12-9-6-3)77-71(74)65-62-59-56-53-50-47-45-42-30-28-26-23-20-17-14-11-8-5-2/h22,25,29,31,68H,4-21,23-24,26-28,30,32-67H2,1-3H3/b25-22-,31-29-. The number of carbonyl (C=O) groups excluding carboxylic acids is 3. The lowest BCUT2D eigenvalue weighted by Crippen LogP contribution is -2.30. The first-order valence-corrected chi connectivity index (χ1v) is 34.8. The zero-order valence-corrected chi connectivity index (χ0v) is 52.3. The van der Waals surface area contributed by atoms with E-state index in [4.69, 9.17) is 14.2 Å². The predicted molar refractivity (Wildman–Crippen MR) is 335 cm³/mol. The van der Waals surface area contributed by atoms with E-state index in [1.165, 1.54) is 289 Å². The van der Waals surface area contributed by atoms with Gasteiger partial charge in [0.15, 0.2) is 6.10 Å². The van der Waals surface area contributed by atoms with Crippen molar-refractivity contribution >= 4 is 17.9 Å². The van der Waals surface area contributed by atoms with E-state index in [9.17, 15) is 14.4 Å². The van der Waals surface area contributed by atoms with Crippen LogP contribution in [0.3, 0.4) is 0 Å². The van der Waals surface area contributed by atoms with Gasteiger partial charge < -0.3 is 14.2 Å². The molecular formula is C71H134O6. The molecule has 0 aromatic heterocycles. The van der Waals surface area contributed by atoms with Crippen LogP contribution in [-0.2, 0) is 28.6 Å². The van der Waals surface area contributed by atoms with Crippen molar-refractivity contribution in [1.29, 1.82) is 0 Å². The van der Waals surface area contributed by atoms with Crippen LogP contribution in [0.25, 0.3) is 0 Å². The average molecular weight is 1080 g/mol. The van der Waals surface area contributed by atoms with Crippen LogP contribution in [0.4, 0.5) is 0 Å². The number of ether oxygens (including phenoxy) is 3. The first-order chi connectivity index (χ1) is 38.0. The molecule has 0 aliphatic rings.